The Morgan fingerprint density at radius 2 is 2.10 bits per heavy atom. The topological polar surface area (TPSA) is 74.0 Å². The quantitative estimate of drug-likeness (QED) is 0.721. The highest BCUT2D eigenvalue weighted by molar-refractivity contribution is 7.89. The minimum absolute atomic E-state index is 0.144. The van der Waals surface area contributed by atoms with Crippen LogP contribution >= 0.6 is 0 Å². The molecule has 2 rings (SSSR count). The first-order chi connectivity index (χ1) is 9.31. The number of hydrogen-bond donors (Lipinski definition) is 3. The first-order valence-corrected chi connectivity index (χ1v) is 8.69. The van der Waals surface area contributed by atoms with E-state index in [1.807, 2.05) is 0 Å². The fraction of sp³-hybridized carbons (Fsp3) is 0.714. The number of H-pyrrole nitrogens is 1. The van der Waals surface area contributed by atoms with E-state index in [0.717, 1.165) is 18.5 Å². The van der Waals surface area contributed by atoms with Gasteiger partial charge in [-0.1, -0.05) is 27.2 Å². The molecule has 1 aliphatic carbocycles. The minimum Gasteiger partial charge on any atom is -0.363 e. The maximum absolute atomic E-state index is 12.2. The second-order valence-corrected chi connectivity index (χ2v) is 8.15. The summed E-state index contributed by atoms with van der Waals surface area (Å²) in [6, 6.07) is 2.07. The van der Waals surface area contributed by atoms with Gasteiger partial charge in [-0.25, -0.2) is 13.1 Å². The van der Waals surface area contributed by atoms with Crippen molar-refractivity contribution in [1.29, 1.82) is 0 Å². The molecule has 1 fully saturated rings. The molecule has 0 radical (unpaired) electrons. The van der Waals surface area contributed by atoms with Gasteiger partial charge < -0.3 is 10.3 Å². The Morgan fingerprint density at radius 1 is 1.40 bits per heavy atom. The van der Waals surface area contributed by atoms with Gasteiger partial charge in [0.2, 0.25) is 10.0 Å². The summed E-state index contributed by atoms with van der Waals surface area (Å²) in [7, 11) is -3.40. The highest BCUT2D eigenvalue weighted by atomic mass is 32.2. The molecule has 1 heterocycles. The van der Waals surface area contributed by atoms with Crippen molar-refractivity contribution in [3.8, 4) is 0 Å². The number of hydrogen-bond acceptors (Lipinski definition) is 3. The van der Waals surface area contributed by atoms with Crippen LogP contribution in [0.1, 0.15) is 45.7 Å². The number of nitrogens with one attached hydrogen (secondary N) is 3. The molecule has 1 aromatic rings. The molecule has 0 spiro atoms. The van der Waals surface area contributed by atoms with Crippen LogP contribution in [0, 0.1) is 5.41 Å². The van der Waals surface area contributed by atoms with Crippen LogP contribution in [0.3, 0.4) is 0 Å². The van der Waals surface area contributed by atoms with Crippen molar-refractivity contribution in [3.63, 3.8) is 0 Å². The summed E-state index contributed by atoms with van der Waals surface area (Å²) in [5.41, 5.74) is 1.03. The first-order valence-electron chi connectivity index (χ1n) is 7.21. The van der Waals surface area contributed by atoms with Crippen LogP contribution in [0.4, 0.5) is 0 Å². The van der Waals surface area contributed by atoms with Gasteiger partial charge in [0.1, 0.15) is 0 Å². The SMILES string of the molecule is CC(C)NCc1cc(S(=O)(=O)NCC2(C)CCC2)c[nH]1. The Labute approximate surface area is 121 Å². The van der Waals surface area contributed by atoms with Gasteiger partial charge >= 0.3 is 0 Å². The Balaban J connectivity index is 1.95. The smallest absolute Gasteiger partial charge is 0.242 e. The monoisotopic (exact) mass is 299 g/mol. The molecule has 0 unspecified atom stereocenters. The van der Waals surface area contributed by atoms with Gasteiger partial charge in [-0.05, 0) is 24.3 Å². The zero-order valence-corrected chi connectivity index (χ0v) is 13.3. The largest absolute Gasteiger partial charge is 0.363 e. The average Bonchev–Trinajstić information content (AvgIpc) is 2.81. The van der Waals surface area contributed by atoms with Crippen LogP contribution in [-0.2, 0) is 16.6 Å². The molecule has 3 N–H and O–H groups in total. The van der Waals surface area contributed by atoms with Crippen LogP contribution < -0.4 is 10.0 Å². The second-order valence-electron chi connectivity index (χ2n) is 6.38. The van der Waals surface area contributed by atoms with Gasteiger partial charge in [0.25, 0.3) is 0 Å². The minimum atomic E-state index is -3.40. The molecular formula is C14H25N3O2S. The summed E-state index contributed by atoms with van der Waals surface area (Å²) in [5.74, 6) is 0. The zero-order chi connectivity index (χ0) is 14.8. The number of aromatic nitrogens is 1. The standard InChI is InChI=1S/C14H25N3O2S/c1-11(2)15-8-12-7-13(9-16-12)20(18,19)17-10-14(3)5-4-6-14/h7,9,11,15-17H,4-6,8,10H2,1-3H3. The molecule has 114 valence electrons. The third-order valence-electron chi connectivity index (χ3n) is 3.98. The van der Waals surface area contributed by atoms with E-state index < -0.39 is 10.0 Å². The molecule has 0 amide bonds. The van der Waals surface area contributed by atoms with Crippen molar-refractivity contribution in [1.82, 2.24) is 15.0 Å². The lowest BCUT2D eigenvalue weighted by atomic mass is 9.71. The lowest BCUT2D eigenvalue weighted by Gasteiger charge is -2.38. The average molecular weight is 299 g/mol. The summed E-state index contributed by atoms with van der Waals surface area (Å²) >= 11 is 0. The zero-order valence-electron chi connectivity index (χ0n) is 12.5. The Kier molecular flexibility index (Phi) is 4.56. The van der Waals surface area contributed by atoms with Crippen LogP contribution in [-0.4, -0.2) is 26.0 Å². The maximum Gasteiger partial charge on any atom is 0.242 e. The highest BCUT2D eigenvalue weighted by Crippen LogP contribution is 2.39. The molecule has 0 aliphatic heterocycles. The van der Waals surface area contributed by atoms with Crippen LogP contribution in [0.5, 0.6) is 0 Å². The lowest BCUT2D eigenvalue weighted by molar-refractivity contribution is 0.166. The van der Waals surface area contributed by atoms with Gasteiger partial charge in [-0.15, -0.1) is 0 Å². The van der Waals surface area contributed by atoms with Crippen molar-refractivity contribution in [2.45, 2.75) is 57.5 Å². The van der Waals surface area contributed by atoms with Crippen molar-refractivity contribution >= 4 is 10.0 Å². The molecule has 1 aliphatic rings. The van der Waals surface area contributed by atoms with E-state index in [0.29, 0.717) is 24.0 Å². The molecule has 0 atom stereocenters. The Morgan fingerprint density at radius 3 is 2.65 bits per heavy atom. The second kappa shape index (κ2) is 5.87. The number of rotatable bonds is 7. The van der Waals surface area contributed by atoms with E-state index in [9.17, 15) is 8.42 Å². The lowest BCUT2D eigenvalue weighted by Crippen LogP contribution is -2.39. The predicted octanol–water partition coefficient (Wildman–Crippen LogP) is 1.98. The van der Waals surface area contributed by atoms with Gasteiger partial charge in [-0.2, -0.15) is 0 Å². The fourth-order valence-electron chi connectivity index (χ4n) is 2.30. The van der Waals surface area contributed by atoms with E-state index >= 15 is 0 Å². The molecular weight excluding hydrogens is 274 g/mol. The third kappa shape index (κ3) is 3.84. The Hall–Kier alpha value is -0.850. The van der Waals surface area contributed by atoms with Gasteiger partial charge in [0, 0.05) is 31.0 Å². The van der Waals surface area contributed by atoms with Crippen LogP contribution in [0.15, 0.2) is 17.2 Å². The van der Waals surface area contributed by atoms with Crippen molar-refractivity contribution in [2.24, 2.45) is 5.41 Å². The first kappa shape index (κ1) is 15.5. The maximum atomic E-state index is 12.2. The Bertz CT molecular complexity index is 545. The summed E-state index contributed by atoms with van der Waals surface area (Å²) < 4.78 is 27.2. The van der Waals surface area contributed by atoms with Crippen molar-refractivity contribution in [3.05, 3.63) is 18.0 Å². The van der Waals surface area contributed by atoms with E-state index in [2.05, 4.69) is 35.8 Å². The molecule has 6 heteroatoms. The summed E-state index contributed by atoms with van der Waals surface area (Å²) in [4.78, 5) is 3.33. The van der Waals surface area contributed by atoms with Gasteiger partial charge in [-0.3, -0.25) is 0 Å². The van der Waals surface area contributed by atoms with Crippen LogP contribution in [0.25, 0.3) is 0 Å². The third-order valence-corrected chi connectivity index (χ3v) is 5.36. The number of aromatic amines is 1. The van der Waals surface area contributed by atoms with Gasteiger partial charge in [0.05, 0.1) is 4.90 Å². The predicted molar refractivity (Wildman–Crippen MR) is 79.9 cm³/mol. The normalized spacial score (nSPS) is 18.2. The van der Waals surface area contributed by atoms with E-state index in [1.165, 1.54) is 6.42 Å². The molecule has 1 aromatic heterocycles. The van der Waals surface area contributed by atoms with E-state index in [4.69, 9.17) is 0 Å². The van der Waals surface area contributed by atoms with E-state index in [-0.39, 0.29) is 5.41 Å². The number of sulfonamides is 1. The van der Waals surface area contributed by atoms with Crippen molar-refractivity contribution < 1.29 is 8.42 Å². The molecule has 5 nitrogen and oxygen atoms in total. The van der Waals surface area contributed by atoms with E-state index in [1.54, 1.807) is 12.3 Å². The van der Waals surface area contributed by atoms with Crippen LogP contribution in [0.2, 0.25) is 0 Å². The summed E-state index contributed by atoms with van der Waals surface area (Å²) in [5, 5.41) is 3.25. The molecule has 0 bridgehead atoms. The highest BCUT2D eigenvalue weighted by Gasteiger charge is 2.33. The van der Waals surface area contributed by atoms with Gasteiger partial charge in [0.15, 0.2) is 0 Å². The molecule has 20 heavy (non-hydrogen) atoms. The summed E-state index contributed by atoms with van der Waals surface area (Å²) in [6.45, 7) is 7.42. The summed E-state index contributed by atoms with van der Waals surface area (Å²) in [6.07, 6.45) is 4.97. The fourth-order valence-corrected chi connectivity index (χ4v) is 3.52. The molecule has 0 aromatic carbocycles. The molecule has 1 saturated carbocycles. The molecule has 0 saturated heterocycles. The van der Waals surface area contributed by atoms with Crippen molar-refractivity contribution in [2.75, 3.05) is 6.54 Å².